The van der Waals surface area contributed by atoms with Crippen LogP contribution in [0.4, 0.5) is 8.78 Å². The number of rotatable bonds is 9. The molecule has 0 saturated carbocycles. The number of halogens is 2. The summed E-state index contributed by atoms with van der Waals surface area (Å²) in [5.41, 5.74) is 3.00. The molecule has 0 bridgehead atoms. The summed E-state index contributed by atoms with van der Waals surface area (Å²) in [4.78, 5) is 19.1. The Hall–Kier alpha value is -3.84. The van der Waals surface area contributed by atoms with Gasteiger partial charge in [-0.2, -0.15) is 0 Å². The van der Waals surface area contributed by atoms with Crippen LogP contribution < -0.4 is 5.32 Å². The molecule has 5 nitrogen and oxygen atoms in total. The quantitative estimate of drug-likeness (QED) is 0.350. The molecule has 0 fully saturated rings. The third kappa shape index (κ3) is 6.36. The van der Waals surface area contributed by atoms with Gasteiger partial charge in [0.1, 0.15) is 17.9 Å². The second-order valence-corrected chi connectivity index (χ2v) is 8.13. The molecule has 3 aromatic carbocycles. The molecular weight excluding hydrogens is 436 g/mol. The molecule has 1 heterocycles. The second-order valence-electron chi connectivity index (χ2n) is 8.13. The number of hydrogen-bond donors (Lipinski definition) is 1. The highest BCUT2D eigenvalue weighted by atomic mass is 19.1. The minimum atomic E-state index is -0.324. The largest absolute Gasteiger partial charge is 0.447 e. The third-order valence-electron chi connectivity index (χ3n) is 5.43. The predicted molar refractivity (Wildman–Crippen MR) is 125 cm³/mol. The molecule has 0 aliphatic carbocycles. The van der Waals surface area contributed by atoms with Gasteiger partial charge in [0.25, 0.3) is 5.91 Å². The van der Waals surface area contributed by atoms with Crippen LogP contribution >= 0.6 is 0 Å². The van der Waals surface area contributed by atoms with Gasteiger partial charge in [0, 0.05) is 13.1 Å². The van der Waals surface area contributed by atoms with Crippen LogP contribution in [0.25, 0.3) is 0 Å². The molecule has 0 radical (unpaired) electrons. The summed E-state index contributed by atoms with van der Waals surface area (Å²) < 4.78 is 32.2. The third-order valence-corrected chi connectivity index (χ3v) is 5.43. The van der Waals surface area contributed by atoms with E-state index in [1.807, 2.05) is 42.2 Å². The van der Waals surface area contributed by atoms with Crippen LogP contribution in [-0.2, 0) is 19.6 Å². The molecule has 0 aliphatic heterocycles. The number of benzene rings is 3. The van der Waals surface area contributed by atoms with Crippen molar-refractivity contribution in [2.75, 3.05) is 0 Å². The zero-order valence-corrected chi connectivity index (χ0v) is 18.7. The average Bonchev–Trinajstić information content (AvgIpc) is 3.31. The molecule has 0 spiro atoms. The maximum absolute atomic E-state index is 13.3. The van der Waals surface area contributed by atoms with Crippen molar-refractivity contribution in [1.29, 1.82) is 0 Å². The van der Waals surface area contributed by atoms with Crippen LogP contribution in [0, 0.1) is 11.6 Å². The van der Waals surface area contributed by atoms with Gasteiger partial charge in [-0.05, 0) is 47.9 Å². The van der Waals surface area contributed by atoms with E-state index in [1.165, 1.54) is 30.5 Å². The Balaban J connectivity index is 1.45. The maximum atomic E-state index is 13.3. The molecule has 0 saturated heterocycles. The first-order valence-corrected chi connectivity index (χ1v) is 11.0. The molecule has 1 N–H and O–H groups in total. The summed E-state index contributed by atoms with van der Waals surface area (Å²) in [6.45, 7) is 3.21. The van der Waals surface area contributed by atoms with Crippen LogP contribution in [0.5, 0.6) is 0 Å². The van der Waals surface area contributed by atoms with Crippen LogP contribution in [-0.4, -0.2) is 15.8 Å². The Kier molecular flexibility index (Phi) is 7.44. The topological polar surface area (TPSA) is 58.4 Å². The lowest BCUT2D eigenvalue weighted by molar-refractivity contribution is 0.0934. The molecular formula is C27H25F2N3O2. The summed E-state index contributed by atoms with van der Waals surface area (Å²) in [5.74, 6) is -0.555. The van der Waals surface area contributed by atoms with Crippen molar-refractivity contribution in [3.63, 3.8) is 0 Å². The fourth-order valence-electron chi connectivity index (χ4n) is 3.64. The SMILES string of the molecule is C[C@H](NC(=O)c1coc(CN(Cc2ccc(F)cc2)Cc2ccc(F)cc2)n1)c1ccccc1. The number of hydrogen-bond acceptors (Lipinski definition) is 4. The van der Waals surface area contributed by atoms with Crippen molar-refractivity contribution in [3.8, 4) is 0 Å². The Morgan fingerprint density at radius 1 is 0.882 bits per heavy atom. The molecule has 0 unspecified atom stereocenters. The number of nitrogens with zero attached hydrogens (tertiary/aromatic N) is 2. The van der Waals surface area contributed by atoms with Crippen LogP contribution in [0.1, 0.15) is 46.0 Å². The van der Waals surface area contributed by atoms with E-state index in [4.69, 9.17) is 4.42 Å². The molecule has 1 aromatic heterocycles. The molecule has 4 rings (SSSR count). The first-order chi connectivity index (χ1) is 16.5. The molecule has 34 heavy (non-hydrogen) atoms. The van der Waals surface area contributed by atoms with E-state index in [9.17, 15) is 13.6 Å². The van der Waals surface area contributed by atoms with Crippen molar-refractivity contribution < 1.29 is 18.0 Å². The van der Waals surface area contributed by atoms with E-state index < -0.39 is 0 Å². The zero-order valence-electron chi connectivity index (χ0n) is 18.7. The van der Waals surface area contributed by atoms with Gasteiger partial charge < -0.3 is 9.73 Å². The van der Waals surface area contributed by atoms with Gasteiger partial charge in [-0.15, -0.1) is 0 Å². The molecule has 0 aliphatic rings. The fraction of sp³-hybridized carbons (Fsp3) is 0.185. The Morgan fingerprint density at radius 2 is 1.44 bits per heavy atom. The van der Waals surface area contributed by atoms with Gasteiger partial charge in [-0.25, -0.2) is 13.8 Å². The molecule has 7 heteroatoms. The number of carbonyl (C=O) groups is 1. The lowest BCUT2D eigenvalue weighted by Gasteiger charge is -2.21. The Morgan fingerprint density at radius 3 is 2.00 bits per heavy atom. The smallest absolute Gasteiger partial charge is 0.273 e. The molecule has 1 amide bonds. The first-order valence-electron chi connectivity index (χ1n) is 11.0. The second kappa shape index (κ2) is 10.9. The van der Waals surface area contributed by atoms with Crippen molar-refractivity contribution in [1.82, 2.24) is 15.2 Å². The number of nitrogens with one attached hydrogen (secondary N) is 1. The minimum absolute atomic E-state index is 0.178. The molecule has 174 valence electrons. The van der Waals surface area contributed by atoms with Gasteiger partial charge in [-0.3, -0.25) is 9.69 Å². The lowest BCUT2D eigenvalue weighted by atomic mass is 10.1. The van der Waals surface area contributed by atoms with Crippen molar-refractivity contribution >= 4 is 5.91 Å². The summed E-state index contributed by atoms with van der Waals surface area (Å²) in [6.07, 6.45) is 1.34. The van der Waals surface area contributed by atoms with E-state index in [1.54, 1.807) is 24.3 Å². The van der Waals surface area contributed by atoms with E-state index in [2.05, 4.69) is 10.3 Å². The molecule has 4 aromatic rings. The summed E-state index contributed by atoms with van der Waals surface area (Å²) in [7, 11) is 0. The Labute approximate surface area is 197 Å². The highest BCUT2D eigenvalue weighted by molar-refractivity contribution is 5.92. The number of amides is 1. The van der Waals surface area contributed by atoms with Crippen molar-refractivity contribution in [2.24, 2.45) is 0 Å². The van der Waals surface area contributed by atoms with E-state index in [0.717, 1.165) is 16.7 Å². The lowest BCUT2D eigenvalue weighted by Crippen LogP contribution is -2.27. The summed E-state index contributed by atoms with van der Waals surface area (Å²) in [6, 6.07) is 22.0. The van der Waals surface area contributed by atoms with Crippen LogP contribution in [0.2, 0.25) is 0 Å². The fourth-order valence-corrected chi connectivity index (χ4v) is 3.64. The number of carbonyl (C=O) groups excluding carboxylic acids is 1. The standard InChI is InChI=1S/C27H25F2N3O2/c1-19(22-5-3-2-4-6-22)30-27(33)25-18-34-26(31-25)17-32(15-20-7-11-23(28)12-8-20)16-21-9-13-24(29)14-10-21/h2-14,18-19H,15-17H2,1H3,(H,30,33)/t19-/m0/s1. The maximum Gasteiger partial charge on any atom is 0.273 e. The van der Waals surface area contributed by atoms with Gasteiger partial charge in [0.05, 0.1) is 12.6 Å². The van der Waals surface area contributed by atoms with E-state index in [-0.39, 0.29) is 29.3 Å². The van der Waals surface area contributed by atoms with Gasteiger partial charge >= 0.3 is 0 Å². The Bertz CT molecular complexity index is 1160. The monoisotopic (exact) mass is 461 g/mol. The van der Waals surface area contributed by atoms with E-state index >= 15 is 0 Å². The first kappa shape index (κ1) is 23.3. The minimum Gasteiger partial charge on any atom is -0.447 e. The van der Waals surface area contributed by atoms with Gasteiger partial charge in [0.2, 0.25) is 5.89 Å². The van der Waals surface area contributed by atoms with Gasteiger partial charge in [0.15, 0.2) is 5.69 Å². The average molecular weight is 462 g/mol. The van der Waals surface area contributed by atoms with Crippen LogP contribution in [0.15, 0.2) is 89.5 Å². The zero-order chi connectivity index (χ0) is 23.9. The van der Waals surface area contributed by atoms with Crippen molar-refractivity contribution in [3.05, 3.63) is 125 Å². The number of oxazole rings is 1. The highest BCUT2D eigenvalue weighted by Gasteiger charge is 2.18. The normalized spacial score (nSPS) is 12.0. The summed E-state index contributed by atoms with van der Waals surface area (Å²) in [5, 5.41) is 2.92. The van der Waals surface area contributed by atoms with Crippen LogP contribution in [0.3, 0.4) is 0 Å². The summed E-state index contributed by atoms with van der Waals surface area (Å²) >= 11 is 0. The van der Waals surface area contributed by atoms with Gasteiger partial charge in [-0.1, -0.05) is 54.6 Å². The number of aromatic nitrogens is 1. The molecule has 1 atom stereocenters. The predicted octanol–water partition coefficient (Wildman–Crippen LogP) is 5.65. The highest BCUT2D eigenvalue weighted by Crippen LogP contribution is 2.16. The van der Waals surface area contributed by atoms with Crippen molar-refractivity contribution in [2.45, 2.75) is 32.6 Å². The van der Waals surface area contributed by atoms with E-state index in [0.29, 0.717) is 25.5 Å².